The molecule has 0 aliphatic carbocycles. The predicted octanol–water partition coefficient (Wildman–Crippen LogP) is 4.51. The molecule has 1 N–H and O–H groups in total. The second kappa shape index (κ2) is 5.93. The Labute approximate surface area is 125 Å². The van der Waals surface area contributed by atoms with Crippen LogP contribution in [-0.4, -0.2) is 10.1 Å². The molecule has 21 heavy (non-hydrogen) atoms. The Morgan fingerprint density at radius 2 is 1.95 bits per heavy atom. The van der Waals surface area contributed by atoms with Crippen LogP contribution in [0, 0.1) is 0 Å². The highest BCUT2D eigenvalue weighted by atomic mass is 32.1. The molecule has 0 aliphatic heterocycles. The minimum atomic E-state index is -0.620. The van der Waals surface area contributed by atoms with E-state index in [1.807, 2.05) is 24.3 Å². The summed E-state index contributed by atoms with van der Waals surface area (Å²) >= 11 is 1.59. The number of hydrogen-bond donors (Lipinski definition) is 1. The first kappa shape index (κ1) is 13.6. The minimum absolute atomic E-state index is 0.472. The van der Waals surface area contributed by atoms with Crippen LogP contribution in [0.15, 0.2) is 53.6 Å². The topological polar surface area (TPSA) is 81.9 Å². The largest absolute Gasteiger partial charge is 0.388 e. The molecule has 0 saturated carbocycles. The molecule has 5 nitrogen and oxygen atoms in total. The molecule has 6 heteroatoms. The van der Waals surface area contributed by atoms with E-state index in [-0.39, 0.29) is 0 Å². The van der Waals surface area contributed by atoms with E-state index in [0.717, 1.165) is 20.8 Å². The number of benzene rings is 2. The number of aliphatic hydroxyl groups excluding tert-OH is 1. The normalized spacial score (nSPS) is 12.0. The molecule has 0 saturated heterocycles. The van der Waals surface area contributed by atoms with E-state index in [2.05, 4.69) is 15.0 Å². The van der Waals surface area contributed by atoms with Gasteiger partial charge in [-0.2, -0.15) is 0 Å². The average molecular weight is 296 g/mol. The summed E-state index contributed by atoms with van der Waals surface area (Å²) in [7, 11) is 0. The van der Waals surface area contributed by atoms with Crippen molar-refractivity contribution in [1.82, 2.24) is 4.98 Å². The molecule has 1 aromatic heterocycles. The lowest BCUT2D eigenvalue weighted by atomic mass is 10.1. The molecule has 0 spiro atoms. The number of fused-ring (bicyclic) bond motifs is 1. The number of hydrogen-bond acceptors (Lipinski definition) is 4. The Kier molecular flexibility index (Phi) is 3.83. The number of aromatic nitrogens is 1. The zero-order valence-corrected chi connectivity index (χ0v) is 11.9. The summed E-state index contributed by atoms with van der Waals surface area (Å²) in [6.45, 7) is 0. The molecule has 0 amide bonds. The standard InChI is InChI=1S/C15H12N4OS/c16-19-18-11-7-5-10(6-8-11)13(20)9-15-17-12-3-1-2-4-14(12)21-15/h1-8,13,20H,9H2. The second-order valence-electron chi connectivity index (χ2n) is 4.58. The van der Waals surface area contributed by atoms with Gasteiger partial charge in [-0.05, 0) is 23.2 Å². The number of aliphatic hydroxyl groups is 1. The number of rotatable bonds is 4. The van der Waals surface area contributed by atoms with E-state index in [4.69, 9.17) is 5.53 Å². The van der Waals surface area contributed by atoms with Gasteiger partial charge in [0.15, 0.2) is 0 Å². The number of para-hydroxylation sites is 1. The Morgan fingerprint density at radius 3 is 2.67 bits per heavy atom. The number of thiazole rings is 1. The van der Waals surface area contributed by atoms with Gasteiger partial charge in [0.25, 0.3) is 0 Å². The van der Waals surface area contributed by atoms with Crippen LogP contribution in [0.2, 0.25) is 0 Å². The van der Waals surface area contributed by atoms with Crippen LogP contribution in [-0.2, 0) is 6.42 Å². The van der Waals surface area contributed by atoms with E-state index in [0.29, 0.717) is 12.1 Å². The van der Waals surface area contributed by atoms with Gasteiger partial charge in [-0.25, -0.2) is 4.98 Å². The van der Waals surface area contributed by atoms with Gasteiger partial charge in [0.2, 0.25) is 0 Å². The van der Waals surface area contributed by atoms with E-state index < -0.39 is 6.10 Å². The molecule has 1 heterocycles. The maximum atomic E-state index is 10.3. The van der Waals surface area contributed by atoms with Crippen molar-refractivity contribution in [3.8, 4) is 0 Å². The molecule has 1 atom stereocenters. The summed E-state index contributed by atoms with van der Waals surface area (Å²) in [6.07, 6.45) is -0.147. The molecule has 0 radical (unpaired) electrons. The third kappa shape index (κ3) is 3.03. The fraction of sp³-hybridized carbons (Fsp3) is 0.133. The van der Waals surface area contributed by atoms with Gasteiger partial charge in [0, 0.05) is 17.0 Å². The zero-order chi connectivity index (χ0) is 14.7. The van der Waals surface area contributed by atoms with Gasteiger partial charge in [0.1, 0.15) is 0 Å². The fourth-order valence-electron chi connectivity index (χ4n) is 2.11. The maximum absolute atomic E-state index is 10.3. The molecule has 0 aliphatic rings. The Hall–Kier alpha value is -2.40. The minimum Gasteiger partial charge on any atom is -0.388 e. The first-order valence-corrected chi connectivity index (χ1v) is 7.25. The molecule has 3 aromatic rings. The van der Waals surface area contributed by atoms with Crippen molar-refractivity contribution in [2.75, 3.05) is 0 Å². The van der Waals surface area contributed by atoms with E-state index in [1.165, 1.54) is 0 Å². The van der Waals surface area contributed by atoms with Gasteiger partial charge in [-0.1, -0.05) is 41.5 Å². The highest BCUT2D eigenvalue weighted by Gasteiger charge is 2.12. The van der Waals surface area contributed by atoms with Crippen LogP contribution in [0.25, 0.3) is 20.7 Å². The molecular weight excluding hydrogens is 284 g/mol. The van der Waals surface area contributed by atoms with Gasteiger partial charge in [-0.3, -0.25) is 0 Å². The summed E-state index contributed by atoms with van der Waals surface area (Å²) in [5.41, 5.74) is 10.6. The van der Waals surface area contributed by atoms with Gasteiger partial charge >= 0.3 is 0 Å². The van der Waals surface area contributed by atoms with E-state index in [9.17, 15) is 5.11 Å². The average Bonchev–Trinajstić information content (AvgIpc) is 2.90. The molecule has 0 bridgehead atoms. The first-order chi connectivity index (χ1) is 10.3. The summed E-state index contributed by atoms with van der Waals surface area (Å²) in [5, 5.41) is 14.7. The summed E-state index contributed by atoms with van der Waals surface area (Å²) in [5.74, 6) is 0. The Balaban J connectivity index is 1.78. The molecule has 0 fully saturated rings. The predicted molar refractivity (Wildman–Crippen MR) is 83.5 cm³/mol. The van der Waals surface area contributed by atoms with Crippen LogP contribution in [0.4, 0.5) is 5.69 Å². The van der Waals surface area contributed by atoms with Crippen molar-refractivity contribution >= 4 is 27.2 Å². The van der Waals surface area contributed by atoms with Crippen molar-refractivity contribution in [1.29, 1.82) is 0 Å². The fourth-order valence-corrected chi connectivity index (χ4v) is 3.11. The van der Waals surface area contributed by atoms with Crippen molar-refractivity contribution in [2.24, 2.45) is 5.11 Å². The number of nitrogens with zero attached hydrogens (tertiary/aromatic N) is 4. The number of azide groups is 1. The smallest absolute Gasteiger partial charge is 0.0967 e. The van der Waals surface area contributed by atoms with Crippen LogP contribution < -0.4 is 0 Å². The third-order valence-electron chi connectivity index (χ3n) is 3.14. The lowest BCUT2D eigenvalue weighted by Gasteiger charge is -2.09. The van der Waals surface area contributed by atoms with E-state index >= 15 is 0 Å². The van der Waals surface area contributed by atoms with Crippen molar-refractivity contribution in [3.05, 3.63) is 69.5 Å². The Bertz CT molecular complexity index is 773. The first-order valence-electron chi connectivity index (χ1n) is 6.44. The van der Waals surface area contributed by atoms with Crippen LogP contribution in [0.3, 0.4) is 0 Å². The summed E-state index contributed by atoms with van der Waals surface area (Å²) in [4.78, 5) is 7.24. The van der Waals surface area contributed by atoms with Gasteiger partial charge in [0.05, 0.1) is 21.3 Å². The molecular formula is C15H12N4OS. The van der Waals surface area contributed by atoms with Gasteiger partial charge in [-0.15, -0.1) is 11.3 Å². The SMILES string of the molecule is [N-]=[N+]=Nc1ccc(C(O)Cc2nc3ccccc3s2)cc1. The highest BCUT2D eigenvalue weighted by Crippen LogP contribution is 2.27. The molecule has 3 rings (SSSR count). The van der Waals surface area contributed by atoms with Crippen molar-refractivity contribution in [2.45, 2.75) is 12.5 Å². The third-order valence-corrected chi connectivity index (χ3v) is 4.20. The van der Waals surface area contributed by atoms with Crippen LogP contribution >= 0.6 is 11.3 Å². The molecule has 104 valence electrons. The van der Waals surface area contributed by atoms with Crippen LogP contribution in [0.5, 0.6) is 0 Å². The monoisotopic (exact) mass is 296 g/mol. The zero-order valence-electron chi connectivity index (χ0n) is 11.0. The molecule has 2 aromatic carbocycles. The lowest BCUT2D eigenvalue weighted by molar-refractivity contribution is 0.178. The lowest BCUT2D eigenvalue weighted by Crippen LogP contribution is -2.00. The summed E-state index contributed by atoms with van der Waals surface area (Å²) < 4.78 is 1.12. The van der Waals surface area contributed by atoms with Crippen LogP contribution in [0.1, 0.15) is 16.7 Å². The molecule has 1 unspecified atom stereocenters. The highest BCUT2D eigenvalue weighted by molar-refractivity contribution is 7.18. The van der Waals surface area contributed by atoms with E-state index in [1.54, 1.807) is 35.6 Å². The quantitative estimate of drug-likeness (QED) is 0.436. The summed E-state index contributed by atoms with van der Waals surface area (Å²) in [6, 6.07) is 14.8. The van der Waals surface area contributed by atoms with Crippen molar-refractivity contribution < 1.29 is 5.11 Å². The van der Waals surface area contributed by atoms with Crippen molar-refractivity contribution in [3.63, 3.8) is 0 Å². The maximum Gasteiger partial charge on any atom is 0.0967 e. The van der Waals surface area contributed by atoms with Gasteiger partial charge < -0.3 is 5.11 Å². The Morgan fingerprint density at radius 1 is 1.19 bits per heavy atom. The second-order valence-corrected chi connectivity index (χ2v) is 5.69.